The number of benzene rings is 2. The van der Waals surface area contributed by atoms with E-state index in [0.29, 0.717) is 35.6 Å². The number of nitrogens with two attached hydrogens (primary N) is 2. The third-order valence-electron chi connectivity index (χ3n) is 3.77. The van der Waals surface area contributed by atoms with E-state index in [1.807, 2.05) is 16.7 Å². The highest BCUT2D eigenvalue weighted by atomic mass is 19.2. The van der Waals surface area contributed by atoms with Crippen LogP contribution in [0.25, 0.3) is 22.4 Å². The molecule has 3 aromatic rings. The Labute approximate surface area is 132 Å². The van der Waals surface area contributed by atoms with Gasteiger partial charge in [-0.25, -0.2) is 13.8 Å². The highest BCUT2D eigenvalue weighted by Crippen LogP contribution is 2.28. The number of hydrogen-bond donors (Lipinski definition) is 2. The van der Waals surface area contributed by atoms with E-state index < -0.39 is 11.6 Å². The van der Waals surface area contributed by atoms with E-state index in [2.05, 4.69) is 4.98 Å². The normalized spacial score (nSPS) is 11.3. The molecule has 23 heavy (non-hydrogen) atoms. The Balaban J connectivity index is 2.16. The lowest BCUT2D eigenvalue weighted by Gasteiger charge is -2.09. The summed E-state index contributed by atoms with van der Waals surface area (Å²) in [6, 6.07) is 9.60. The van der Waals surface area contributed by atoms with Gasteiger partial charge in [-0.1, -0.05) is 12.1 Å². The average Bonchev–Trinajstić information content (AvgIpc) is 2.86. The molecule has 0 saturated carbocycles. The summed E-state index contributed by atoms with van der Waals surface area (Å²) >= 11 is 0. The first-order valence-corrected chi connectivity index (χ1v) is 7.51. The van der Waals surface area contributed by atoms with Crippen molar-refractivity contribution in [2.24, 2.45) is 5.73 Å². The summed E-state index contributed by atoms with van der Waals surface area (Å²) < 4.78 is 29.0. The van der Waals surface area contributed by atoms with Crippen molar-refractivity contribution in [3.05, 3.63) is 48.0 Å². The zero-order valence-corrected chi connectivity index (χ0v) is 12.6. The van der Waals surface area contributed by atoms with Gasteiger partial charge in [-0.2, -0.15) is 0 Å². The first-order chi connectivity index (χ1) is 11.1. The Kier molecular flexibility index (Phi) is 4.25. The fourth-order valence-corrected chi connectivity index (χ4v) is 2.66. The van der Waals surface area contributed by atoms with Crippen LogP contribution in [0.3, 0.4) is 0 Å². The van der Waals surface area contributed by atoms with Crippen molar-refractivity contribution in [2.45, 2.75) is 19.4 Å². The molecule has 0 aliphatic carbocycles. The molecule has 0 unspecified atom stereocenters. The van der Waals surface area contributed by atoms with Gasteiger partial charge in [0, 0.05) is 29.9 Å². The molecule has 0 atom stereocenters. The maximum Gasteiger partial charge on any atom is 0.161 e. The van der Waals surface area contributed by atoms with Gasteiger partial charge in [0.15, 0.2) is 11.6 Å². The molecule has 0 amide bonds. The lowest BCUT2D eigenvalue weighted by atomic mass is 10.2. The number of imidazole rings is 1. The Bertz CT molecular complexity index is 842. The number of fused-ring (bicyclic) bond motifs is 1. The van der Waals surface area contributed by atoms with Crippen LogP contribution < -0.4 is 11.5 Å². The molecule has 0 spiro atoms. The van der Waals surface area contributed by atoms with Crippen molar-refractivity contribution in [1.82, 2.24) is 9.55 Å². The molecule has 0 saturated heterocycles. The number of unbranched alkanes of at least 4 members (excludes halogenated alkanes) is 1. The molecule has 0 aliphatic heterocycles. The second-order valence-corrected chi connectivity index (χ2v) is 5.46. The van der Waals surface area contributed by atoms with Gasteiger partial charge < -0.3 is 16.0 Å². The van der Waals surface area contributed by atoms with Crippen LogP contribution in [0.2, 0.25) is 0 Å². The van der Waals surface area contributed by atoms with Gasteiger partial charge in [0.05, 0.1) is 11.0 Å². The maximum atomic E-state index is 13.6. The summed E-state index contributed by atoms with van der Waals surface area (Å²) in [5.74, 6) is -1.13. The quantitative estimate of drug-likeness (QED) is 0.560. The van der Waals surface area contributed by atoms with Crippen molar-refractivity contribution < 1.29 is 8.78 Å². The number of nitrogen functional groups attached to an aromatic ring is 1. The number of halogens is 2. The number of nitrogens with zero attached hydrogens (tertiary/aromatic N) is 2. The molecule has 0 radical (unpaired) electrons. The highest BCUT2D eigenvalue weighted by Gasteiger charge is 2.15. The number of rotatable bonds is 5. The minimum Gasteiger partial charge on any atom is -0.399 e. The third-order valence-corrected chi connectivity index (χ3v) is 3.77. The molecule has 3 rings (SSSR count). The van der Waals surface area contributed by atoms with E-state index in [1.165, 1.54) is 6.07 Å². The zero-order valence-electron chi connectivity index (χ0n) is 12.6. The SMILES string of the molecule is NCCCCn1c(-c2cccc(N)c2)nc2cc(F)c(F)cc21. The first kappa shape index (κ1) is 15.4. The molecule has 1 aromatic heterocycles. The van der Waals surface area contributed by atoms with Crippen molar-refractivity contribution in [3.63, 3.8) is 0 Å². The highest BCUT2D eigenvalue weighted by molar-refractivity contribution is 5.81. The van der Waals surface area contributed by atoms with Gasteiger partial charge in [0.25, 0.3) is 0 Å². The van der Waals surface area contributed by atoms with E-state index in [-0.39, 0.29) is 0 Å². The molecule has 4 N–H and O–H groups in total. The van der Waals surface area contributed by atoms with E-state index >= 15 is 0 Å². The Morgan fingerprint density at radius 3 is 2.57 bits per heavy atom. The van der Waals surface area contributed by atoms with Crippen LogP contribution in [-0.2, 0) is 6.54 Å². The van der Waals surface area contributed by atoms with Gasteiger partial charge >= 0.3 is 0 Å². The monoisotopic (exact) mass is 316 g/mol. The summed E-state index contributed by atoms with van der Waals surface area (Å²) in [5.41, 5.74) is 13.8. The molecule has 0 bridgehead atoms. The number of anilines is 1. The zero-order chi connectivity index (χ0) is 16.4. The topological polar surface area (TPSA) is 69.9 Å². The van der Waals surface area contributed by atoms with Gasteiger partial charge in [-0.3, -0.25) is 0 Å². The van der Waals surface area contributed by atoms with Crippen molar-refractivity contribution in [1.29, 1.82) is 0 Å². The fourth-order valence-electron chi connectivity index (χ4n) is 2.66. The van der Waals surface area contributed by atoms with Crippen LogP contribution in [0, 0.1) is 11.6 Å². The Morgan fingerprint density at radius 1 is 1.04 bits per heavy atom. The van der Waals surface area contributed by atoms with Gasteiger partial charge in [-0.05, 0) is 31.5 Å². The molecule has 120 valence electrons. The lowest BCUT2D eigenvalue weighted by Crippen LogP contribution is -2.05. The predicted molar refractivity (Wildman–Crippen MR) is 87.8 cm³/mol. The van der Waals surface area contributed by atoms with Crippen LogP contribution in [0.1, 0.15) is 12.8 Å². The van der Waals surface area contributed by atoms with Crippen LogP contribution in [0.15, 0.2) is 36.4 Å². The number of aryl methyl sites for hydroxylation is 1. The standard InChI is InChI=1S/C17H18F2N4/c18-13-9-15-16(10-14(13)19)23(7-2-1-6-20)17(22-15)11-4-3-5-12(21)8-11/h3-5,8-10H,1-2,6-7,20-21H2. The van der Waals surface area contributed by atoms with E-state index in [0.717, 1.165) is 24.5 Å². The van der Waals surface area contributed by atoms with Gasteiger partial charge in [-0.15, -0.1) is 0 Å². The first-order valence-electron chi connectivity index (χ1n) is 7.51. The van der Waals surface area contributed by atoms with Crippen LogP contribution in [0.4, 0.5) is 14.5 Å². The van der Waals surface area contributed by atoms with E-state index in [4.69, 9.17) is 11.5 Å². The molecule has 2 aromatic carbocycles. The Hall–Kier alpha value is -2.47. The summed E-state index contributed by atoms with van der Waals surface area (Å²) in [4.78, 5) is 4.47. The molecule has 0 fully saturated rings. The lowest BCUT2D eigenvalue weighted by molar-refractivity contribution is 0.510. The smallest absolute Gasteiger partial charge is 0.161 e. The largest absolute Gasteiger partial charge is 0.399 e. The van der Waals surface area contributed by atoms with E-state index in [9.17, 15) is 8.78 Å². The van der Waals surface area contributed by atoms with Gasteiger partial charge in [0.2, 0.25) is 0 Å². The summed E-state index contributed by atoms with van der Waals surface area (Å²) in [6.07, 6.45) is 1.68. The van der Waals surface area contributed by atoms with Crippen molar-refractivity contribution in [3.8, 4) is 11.4 Å². The molecule has 6 heteroatoms. The van der Waals surface area contributed by atoms with E-state index in [1.54, 1.807) is 12.1 Å². The van der Waals surface area contributed by atoms with Crippen LogP contribution >= 0.6 is 0 Å². The number of aromatic nitrogens is 2. The summed E-state index contributed by atoms with van der Waals surface area (Å²) in [6.45, 7) is 1.21. The predicted octanol–water partition coefficient (Wildman–Crippen LogP) is 3.30. The third kappa shape index (κ3) is 3.03. The fraction of sp³-hybridized carbons (Fsp3) is 0.235. The van der Waals surface area contributed by atoms with Gasteiger partial charge in [0.1, 0.15) is 5.82 Å². The average molecular weight is 316 g/mol. The van der Waals surface area contributed by atoms with Crippen molar-refractivity contribution >= 4 is 16.7 Å². The second kappa shape index (κ2) is 6.34. The number of hydrogen-bond acceptors (Lipinski definition) is 3. The molecular formula is C17H18F2N4. The minimum absolute atomic E-state index is 0.425. The summed E-state index contributed by atoms with van der Waals surface area (Å²) in [5, 5.41) is 0. The minimum atomic E-state index is -0.900. The molecular weight excluding hydrogens is 298 g/mol. The second-order valence-electron chi connectivity index (χ2n) is 5.46. The van der Waals surface area contributed by atoms with Crippen LogP contribution in [0.5, 0.6) is 0 Å². The maximum absolute atomic E-state index is 13.6. The van der Waals surface area contributed by atoms with Crippen molar-refractivity contribution in [2.75, 3.05) is 12.3 Å². The molecule has 1 heterocycles. The molecule has 4 nitrogen and oxygen atoms in total. The summed E-state index contributed by atoms with van der Waals surface area (Å²) in [7, 11) is 0. The van der Waals surface area contributed by atoms with Crippen LogP contribution in [-0.4, -0.2) is 16.1 Å². The molecule has 0 aliphatic rings. The Morgan fingerprint density at radius 2 is 1.83 bits per heavy atom.